The zero-order valence-corrected chi connectivity index (χ0v) is 15.7. The Morgan fingerprint density at radius 3 is 2.63 bits per heavy atom. The van der Waals surface area contributed by atoms with Crippen molar-refractivity contribution in [1.29, 1.82) is 0 Å². The third-order valence-corrected chi connectivity index (χ3v) is 5.17. The molecule has 6 nitrogen and oxygen atoms in total. The summed E-state index contributed by atoms with van der Waals surface area (Å²) in [6.07, 6.45) is 6.17. The lowest BCUT2D eigenvalue weighted by atomic mass is 10.1. The molecule has 0 radical (unpaired) electrons. The van der Waals surface area contributed by atoms with Gasteiger partial charge in [-0.3, -0.25) is 9.38 Å². The van der Waals surface area contributed by atoms with E-state index in [0.29, 0.717) is 11.8 Å². The van der Waals surface area contributed by atoms with Crippen LogP contribution in [0.15, 0.2) is 30.6 Å². The molecule has 6 heteroatoms. The van der Waals surface area contributed by atoms with Gasteiger partial charge in [0.15, 0.2) is 5.65 Å². The molecular formula is C21H21N5O. The van der Waals surface area contributed by atoms with Crippen molar-refractivity contribution in [3.05, 3.63) is 47.5 Å². The number of rotatable bonds is 4. The van der Waals surface area contributed by atoms with E-state index < -0.39 is 0 Å². The van der Waals surface area contributed by atoms with E-state index in [-0.39, 0.29) is 0 Å². The minimum Gasteiger partial charge on any atom is -0.477 e. The number of nitrogens with zero attached hydrogens (tertiary/aromatic N) is 5. The van der Waals surface area contributed by atoms with E-state index in [9.17, 15) is 0 Å². The van der Waals surface area contributed by atoms with Crippen LogP contribution in [0.5, 0.6) is 5.88 Å². The summed E-state index contributed by atoms with van der Waals surface area (Å²) in [4.78, 5) is 18.7. The van der Waals surface area contributed by atoms with Crippen molar-refractivity contribution in [1.82, 2.24) is 24.3 Å². The van der Waals surface area contributed by atoms with Crippen LogP contribution in [0.3, 0.4) is 0 Å². The lowest BCUT2D eigenvalue weighted by Crippen LogP contribution is -2.04. The second-order valence-corrected chi connectivity index (χ2v) is 7.34. The highest BCUT2D eigenvalue weighted by atomic mass is 16.5. The predicted molar refractivity (Wildman–Crippen MR) is 104 cm³/mol. The largest absolute Gasteiger partial charge is 0.477 e. The highest BCUT2D eigenvalue weighted by molar-refractivity contribution is 5.81. The molecule has 1 saturated carbocycles. The summed E-state index contributed by atoms with van der Waals surface area (Å²) in [7, 11) is 0. The lowest BCUT2D eigenvalue weighted by molar-refractivity contribution is 0.289. The van der Waals surface area contributed by atoms with Crippen molar-refractivity contribution in [2.24, 2.45) is 5.92 Å². The molecule has 1 aliphatic carbocycles. The third kappa shape index (κ3) is 2.72. The molecule has 1 fully saturated rings. The summed E-state index contributed by atoms with van der Waals surface area (Å²) in [6, 6.07) is 5.88. The first-order chi connectivity index (χ1) is 13.1. The molecule has 0 saturated heterocycles. The van der Waals surface area contributed by atoms with E-state index in [1.807, 2.05) is 38.2 Å². The molecule has 0 aromatic carbocycles. The van der Waals surface area contributed by atoms with E-state index in [4.69, 9.17) is 19.7 Å². The zero-order chi connectivity index (χ0) is 18.5. The maximum Gasteiger partial charge on any atom is 0.215 e. The smallest absolute Gasteiger partial charge is 0.215 e. The molecule has 0 amide bonds. The van der Waals surface area contributed by atoms with E-state index in [0.717, 1.165) is 51.6 Å². The summed E-state index contributed by atoms with van der Waals surface area (Å²) >= 11 is 0. The topological polar surface area (TPSA) is 65.2 Å². The first-order valence-electron chi connectivity index (χ1n) is 9.32. The van der Waals surface area contributed by atoms with Crippen molar-refractivity contribution in [3.8, 4) is 17.3 Å². The minimum atomic E-state index is 0.640. The molecule has 136 valence electrons. The van der Waals surface area contributed by atoms with Crippen molar-refractivity contribution in [3.63, 3.8) is 0 Å². The monoisotopic (exact) mass is 359 g/mol. The van der Waals surface area contributed by atoms with Crippen LogP contribution in [-0.4, -0.2) is 30.9 Å². The zero-order valence-electron chi connectivity index (χ0n) is 15.7. The average Bonchev–Trinajstić information content (AvgIpc) is 3.42. The van der Waals surface area contributed by atoms with Gasteiger partial charge in [-0.15, -0.1) is 0 Å². The molecule has 4 aromatic heterocycles. The Bertz CT molecular complexity index is 1180. The first kappa shape index (κ1) is 16.2. The molecule has 1 aliphatic rings. The molecule has 0 unspecified atom stereocenters. The van der Waals surface area contributed by atoms with Crippen LogP contribution in [0.1, 0.15) is 29.8 Å². The maximum absolute atomic E-state index is 5.91. The van der Waals surface area contributed by atoms with E-state index in [1.54, 1.807) is 6.20 Å². The van der Waals surface area contributed by atoms with Crippen LogP contribution in [-0.2, 0) is 0 Å². The van der Waals surface area contributed by atoms with Gasteiger partial charge in [-0.05, 0) is 57.2 Å². The second-order valence-electron chi connectivity index (χ2n) is 7.34. The summed E-state index contributed by atoms with van der Waals surface area (Å²) < 4.78 is 8.01. The van der Waals surface area contributed by atoms with E-state index in [1.165, 1.54) is 12.8 Å². The number of hydrogen-bond acceptors (Lipinski definition) is 5. The lowest BCUT2D eigenvalue weighted by Gasteiger charge is -2.10. The van der Waals surface area contributed by atoms with Crippen LogP contribution in [0, 0.1) is 26.7 Å². The Kier molecular flexibility index (Phi) is 3.60. The standard InChI is InChI=1S/C21H21N5O/c1-12-8-9-22-10-16(12)20-24-14(3)19-13(2)23-17-6-7-18(25-21(17)26(19)20)27-11-15-4-5-15/h6-10,15H,4-5,11H2,1-3H3. The van der Waals surface area contributed by atoms with Gasteiger partial charge in [0, 0.05) is 24.0 Å². The van der Waals surface area contributed by atoms with Crippen LogP contribution in [0.25, 0.3) is 28.1 Å². The van der Waals surface area contributed by atoms with Crippen LogP contribution in [0.4, 0.5) is 0 Å². The van der Waals surface area contributed by atoms with Gasteiger partial charge in [0.2, 0.25) is 5.88 Å². The Morgan fingerprint density at radius 2 is 1.85 bits per heavy atom. The van der Waals surface area contributed by atoms with Crippen molar-refractivity contribution in [2.75, 3.05) is 6.61 Å². The van der Waals surface area contributed by atoms with Gasteiger partial charge >= 0.3 is 0 Å². The van der Waals surface area contributed by atoms with Crippen LogP contribution < -0.4 is 4.74 Å². The summed E-state index contributed by atoms with van der Waals surface area (Å²) in [6.45, 7) is 6.83. The van der Waals surface area contributed by atoms with Gasteiger partial charge < -0.3 is 4.74 Å². The fourth-order valence-corrected chi connectivity index (χ4v) is 3.52. The predicted octanol–water partition coefficient (Wildman–Crippen LogP) is 4.05. The maximum atomic E-state index is 5.91. The first-order valence-corrected chi connectivity index (χ1v) is 9.32. The summed E-state index contributed by atoms with van der Waals surface area (Å²) in [5.41, 5.74) is 6.59. The number of imidazole rings is 1. The number of pyridine rings is 2. The quantitative estimate of drug-likeness (QED) is 0.550. The van der Waals surface area contributed by atoms with Crippen molar-refractivity contribution < 1.29 is 4.74 Å². The average molecular weight is 359 g/mol. The van der Waals surface area contributed by atoms with Gasteiger partial charge in [-0.2, -0.15) is 4.98 Å². The van der Waals surface area contributed by atoms with Crippen molar-refractivity contribution >= 4 is 16.7 Å². The second kappa shape index (κ2) is 6.01. The number of fused-ring (bicyclic) bond motifs is 3. The number of aromatic nitrogens is 5. The number of ether oxygens (including phenoxy) is 1. The molecule has 0 bridgehead atoms. The molecule has 27 heavy (non-hydrogen) atoms. The molecule has 0 spiro atoms. The Morgan fingerprint density at radius 1 is 1.04 bits per heavy atom. The van der Waals surface area contributed by atoms with Gasteiger partial charge in [-0.25, -0.2) is 9.97 Å². The van der Waals surface area contributed by atoms with Gasteiger partial charge in [0.25, 0.3) is 0 Å². The van der Waals surface area contributed by atoms with Crippen molar-refractivity contribution in [2.45, 2.75) is 33.6 Å². The fraction of sp³-hybridized carbons (Fsp3) is 0.333. The summed E-state index contributed by atoms with van der Waals surface area (Å²) in [5, 5.41) is 0. The fourth-order valence-electron chi connectivity index (χ4n) is 3.52. The highest BCUT2D eigenvalue weighted by Crippen LogP contribution is 2.31. The van der Waals surface area contributed by atoms with E-state index in [2.05, 4.69) is 16.3 Å². The molecule has 0 aliphatic heterocycles. The molecule has 4 heterocycles. The molecular weight excluding hydrogens is 338 g/mol. The molecule has 0 atom stereocenters. The van der Waals surface area contributed by atoms with E-state index >= 15 is 0 Å². The number of aryl methyl sites for hydroxylation is 3. The molecule has 0 N–H and O–H groups in total. The van der Waals surface area contributed by atoms with Crippen LogP contribution in [0.2, 0.25) is 0 Å². The number of hydrogen-bond donors (Lipinski definition) is 0. The molecule has 5 rings (SSSR count). The SMILES string of the molecule is Cc1ccncc1-c1nc(C)c2c(C)nc3ccc(OCC4CC4)nc3n12. The van der Waals surface area contributed by atoms with Gasteiger partial charge in [0.05, 0.1) is 23.5 Å². The third-order valence-electron chi connectivity index (χ3n) is 5.17. The Balaban J connectivity index is 1.78. The highest BCUT2D eigenvalue weighted by Gasteiger charge is 2.23. The van der Waals surface area contributed by atoms with Gasteiger partial charge in [0.1, 0.15) is 11.3 Å². The van der Waals surface area contributed by atoms with Crippen LogP contribution >= 0.6 is 0 Å². The van der Waals surface area contributed by atoms with Gasteiger partial charge in [-0.1, -0.05) is 0 Å². The summed E-state index contributed by atoms with van der Waals surface area (Å²) in [5.74, 6) is 2.17. The minimum absolute atomic E-state index is 0.640. The normalized spacial score (nSPS) is 14.2. The Labute approximate surface area is 157 Å². The Hall–Kier alpha value is -3.02. The molecule has 4 aromatic rings.